The van der Waals surface area contributed by atoms with Gasteiger partial charge in [0.2, 0.25) is 5.91 Å². The molecule has 0 radical (unpaired) electrons. The van der Waals surface area contributed by atoms with Gasteiger partial charge < -0.3 is 5.32 Å². The number of carbonyl (C=O) groups is 1. The predicted octanol–water partition coefficient (Wildman–Crippen LogP) is 5.44. The maximum Gasteiger partial charge on any atom is 0.264 e. The molecule has 0 aliphatic heterocycles. The Kier molecular flexibility index (Phi) is 6.71. The fraction of sp³-hybridized carbons (Fsp3) is 0.136. The van der Waals surface area contributed by atoms with E-state index in [2.05, 4.69) is 5.32 Å². The minimum absolute atomic E-state index is 0.104. The van der Waals surface area contributed by atoms with E-state index >= 15 is 0 Å². The average Bonchev–Trinajstić information content (AvgIpc) is 2.66. The van der Waals surface area contributed by atoms with Crippen molar-refractivity contribution < 1.29 is 13.2 Å². The van der Waals surface area contributed by atoms with Crippen LogP contribution in [0.5, 0.6) is 0 Å². The molecule has 0 aliphatic carbocycles. The van der Waals surface area contributed by atoms with Crippen LogP contribution in [-0.2, 0) is 14.8 Å². The lowest BCUT2D eigenvalue weighted by molar-refractivity contribution is -0.114. The summed E-state index contributed by atoms with van der Waals surface area (Å²) in [5, 5.41) is 3.38. The maximum atomic E-state index is 13.3. The maximum absolute atomic E-state index is 13.3. The zero-order valence-electron chi connectivity index (χ0n) is 16.4. The summed E-state index contributed by atoms with van der Waals surface area (Å²) < 4.78 is 27.7. The minimum atomic E-state index is -3.97. The number of nitrogens with zero attached hydrogens (tertiary/aromatic N) is 1. The quantitative estimate of drug-likeness (QED) is 0.529. The van der Waals surface area contributed by atoms with Gasteiger partial charge in [0.15, 0.2) is 0 Å². The van der Waals surface area contributed by atoms with Gasteiger partial charge >= 0.3 is 0 Å². The Hall–Kier alpha value is -2.54. The molecule has 3 rings (SSSR count). The predicted molar refractivity (Wildman–Crippen MR) is 122 cm³/mol. The Morgan fingerprint density at radius 2 is 1.37 bits per heavy atom. The molecule has 0 unspecified atom stereocenters. The van der Waals surface area contributed by atoms with Gasteiger partial charge in [-0.1, -0.05) is 58.6 Å². The highest BCUT2D eigenvalue weighted by atomic mass is 35.5. The lowest BCUT2D eigenvalue weighted by atomic mass is 10.2. The number of aryl methyl sites for hydroxylation is 2. The zero-order chi connectivity index (χ0) is 21.9. The second kappa shape index (κ2) is 9.08. The molecule has 3 aromatic rings. The van der Waals surface area contributed by atoms with E-state index in [4.69, 9.17) is 23.2 Å². The Balaban J connectivity index is 1.94. The van der Waals surface area contributed by atoms with Gasteiger partial charge in [-0.2, -0.15) is 0 Å². The van der Waals surface area contributed by atoms with E-state index < -0.39 is 22.5 Å². The number of hydrogen-bond acceptors (Lipinski definition) is 3. The third-order valence-electron chi connectivity index (χ3n) is 4.36. The van der Waals surface area contributed by atoms with Crippen molar-refractivity contribution in [1.29, 1.82) is 0 Å². The number of nitrogens with one attached hydrogen (secondary N) is 1. The summed E-state index contributed by atoms with van der Waals surface area (Å²) in [6.45, 7) is 3.36. The molecule has 0 fully saturated rings. The number of hydrogen-bond donors (Lipinski definition) is 1. The van der Waals surface area contributed by atoms with Crippen LogP contribution in [0.4, 0.5) is 11.4 Å². The van der Waals surface area contributed by atoms with E-state index in [9.17, 15) is 13.2 Å². The SMILES string of the molecule is Cc1ccc(N(CC(=O)Nc2cc(Cl)cc(Cl)c2)S(=O)(=O)c2ccc(C)cc2)cc1. The summed E-state index contributed by atoms with van der Waals surface area (Å²) in [6, 6.07) is 18.0. The molecule has 0 bridgehead atoms. The molecule has 3 aromatic carbocycles. The van der Waals surface area contributed by atoms with Gasteiger partial charge in [-0.3, -0.25) is 9.10 Å². The van der Waals surface area contributed by atoms with Gasteiger partial charge in [-0.15, -0.1) is 0 Å². The van der Waals surface area contributed by atoms with Crippen molar-refractivity contribution >= 4 is 50.5 Å². The molecule has 1 amide bonds. The Morgan fingerprint density at radius 3 is 1.90 bits per heavy atom. The smallest absolute Gasteiger partial charge is 0.264 e. The number of rotatable bonds is 6. The van der Waals surface area contributed by atoms with Crippen molar-refractivity contribution in [3.63, 3.8) is 0 Å². The summed E-state index contributed by atoms with van der Waals surface area (Å²) in [4.78, 5) is 12.8. The van der Waals surface area contributed by atoms with Crippen molar-refractivity contribution in [2.75, 3.05) is 16.2 Å². The molecule has 0 atom stereocenters. The molecular formula is C22H20Cl2N2O3S. The first-order valence-corrected chi connectivity index (χ1v) is 11.3. The zero-order valence-corrected chi connectivity index (χ0v) is 18.7. The van der Waals surface area contributed by atoms with Gasteiger partial charge in [-0.25, -0.2) is 8.42 Å². The van der Waals surface area contributed by atoms with Gasteiger partial charge in [-0.05, 0) is 56.3 Å². The first-order valence-electron chi connectivity index (χ1n) is 9.07. The van der Waals surface area contributed by atoms with E-state index in [1.807, 2.05) is 13.8 Å². The normalized spacial score (nSPS) is 11.2. The third-order valence-corrected chi connectivity index (χ3v) is 6.59. The molecule has 1 N–H and O–H groups in total. The number of anilines is 2. The molecular weight excluding hydrogens is 443 g/mol. The number of halogens is 2. The number of amides is 1. The van der Waals surface area contributed by atoms with Crippen molar-refractivity contribution in [2.24, 2.45) is 0 Å². The van der Waals surface area contributed by atoms with Gasteiger partial charge in [0.05, 0.1) is 10.6 Å². The molecule has 30 heavy (non-hydrogen) atoms. The van der Waals surface area contributed by atoms with Crippen LogP contribution in [0.1, 0.15) is 11.1 Å². The number of sulfonamides is 1. The van der Waals surface area contributed by atoms with Crippen LogP contribution in [0.3, 0.4) is 0 Å². The molecule has 156 valence electrons. The summed E-state index contributed by atoms with van der Waals surface area (Å²) in [5.74, 6) is -0.524. The average molecular weight is 463 g/mol. The van der Waals surface area contributed by atoms with Gasteiger partial charge in [0.1, 0.15) is 6.54 Å². The molecule has 0 aliphatic rings. The Labute approximate surface area is 186 Å². The fourth-order valence-corrected chi connectivity index (χ4v) is 4.77. The van der Waals surface area contributed by atoms with E-state index in [1.54, 1.807) is 42.5 Å². The van der Waals surface area contributed by atoms with Crippen molar-refractivity contribution in [1.82, 2.24) is 0 Å². The second-order valence-corrected chi connectivity index (χ2v) is 9.60. The van der Waals surface area contributed by atoms with Crippen LogP contribution in [0.2, 0.25) is 10.0 Å². The van der Waals surface area contributed by atoms with Crippen LogP contribution in [0.25, 0.3) is 0 Å². The van der Waals surface area contributed by atoms with E-state index in [-0.39, 0.29) is 4.90 Å². The Morgan fingerprint density at radius 1 is 0.867 bits per heavy atom. The second-order valence-electron chi connectivity index (χ2n) is 6.87. The fourth-order valence-electron chi connectivity index (χ4n) is 2.82. The molecule has 0 saturated carbocycles. The van der Waals surface area contributed by atoms with Crippen molar-refractivity contribution in [3.05, 3.63) is 87.9 Å². The standard InChI is InChI=1S/C22H20Cl2N2O3S/c1-15-3-7-20(8-4-15)26(30(28,29)21-9-5-16(2)6-10-21)14-22(27)25-19-12-17(23)11-18(24)13-19/h3-13H,14H2,1-2H3,(H,25,27). The van der Waals surface area contributed by atoms with Crippen LogP contribution in [0.15, 0.2) is 71.6 Å². The first-order chi connectivity index (χ1) is 14.1. The molecule has 8 heteroatoms. The molecule has 0 spiro atoms. The third kappa shape index (κ3) is 5.33. The van der Waals surface area contributed by atoms with E-state index in [1.165, 1.54) is 24.3 Å². The number of benzene rings is 3. The molecule has 0 aromatic heterocycles. The monoisotopic (exact) mass is 462 g/mol. The molecule has 0 heterocycles. The lowest BCUT2D eigenvalue weighted by Gasteiger charge is -2.24. The van der Waals surface area contributed by atoms with Crippen LogP contribution in [-0.4, -0.2) is 20.9 Å². The topological polar surface area (TPSA) is 66.5 Å². The van der Waals surface area contributed by atoms with Crippen molar-refractivity contribution in [2.45, 2.75) is 18.7 Å². The highest BCUT2D eigenvalue weighted by Gasteiger charge is 2.27. The molecule has 0 saturated heterocycles. The van der Waals surface area contributed by atoms with E-state index in [0.717, 1.165) is 15.4 Å². The van der Waals surface area contributed by atoms with E-state index in [0.29, 0.717) is 21.4 Å². The lowest BCUT2D eigenvalue weighted by Crippen LogP contribution is -2.38. The highest BCUT2D eigenvalue weighted by Crippen LogP contribution is 2.26. The largest absolute Gasteiger partial charge is 0.324 e. The van der Waals surface area contributed by atoms with Crippen LogP contribution in [0, 0.1) is 13.8 Å². The van der Waals surface area contributed by atoms with Gasteiger partial charge in [0, 0.05) is 15.7 Å². The number of carbonyl (C=O) groups excluding carboxylic acids is 1. The van der Waals surface area contributed by atoms with Crippen LogP contribution < -0.4 is 9.62 Å². The summed E-state index contributed by atoms with van der Waals surface area (Å²) in [5.41, 5.74) is 2.69. The molecule has 5 nitrogen and oxygen atoms in total. The summed E-state index contributed by atoms with van der Waals surface area (Å²) in [7, 11) is -3.97. The minimum Gasteiger partial charge on any atom is -0.324 e. The highest BCUT2D eigenvalue weighted by molar-refractivity contribution is 7.92. The summed E-state index contributed by atoms with van der Waals surface area (Å²) >= 11 is 11.9. The van der Waals surface area contributed by atoms with Gasteiger partial charge in [0.25, 0.3) is 10.0 Å². The Bertz CT molecular complexity index is 1140. The van der Waals surface area contributed by atoms with Crippen LogP contribution >= 0.6 is 23.2 Å². The van der Waals surface area contributed by atoms with Crippen molar-refractivity contribution in [3.8, 4) is 0 Å². The first kappa shape index (κ1) is 22.2. The summed E-state index contributed by atoms with van der Waals surface area (Å²) in [6.07, 6.45) is 0.